The van der Waals surface area contributed by atoms with Crippen molar-refractivity contribution in [2.45, 2.75) is 12.5 Å². The lowest BCUT2D eigenvalue weighted by atomic mass is 9.83. The maximum absolute atomic E-state index is 12.7. The number of carboxylic acid groups (broad SMARTS) is 1. The van der Waals surface area contributed by atoms with Crippen LogP contribution in [-0.2, 0) is 6.54 Å². The van der Waals surface area contributed by atoms with E-state index in [1.807, 2.05) is 30.5 Å². The number of aromatic amines is 1. The van der Waals surface area contributed by atoms with E-state index in [0.717, 1.165) is 44.7 Å². The molecule has 5 nitrogen and oxygen atoms in total. The van der Waals surface area contributed by atoms with Gasteiger partial charge in [-0.1, -0.05) is 72.9 Å². The van der Waals surface area contributed by atoms with E-state index >= 15 is 0 Å². The molecule has 0 atom stereocenters. The lowest BCUT2D eigenvalue weighted by Gasteiger charge is -2.22. The zero-order valence-electron chi connectivity index (χ0n) is 16.8. The molecule has 0 bridgehead atoms. The molecular weight excluding hydrogens is 440 g/mol. The molecule has 0 aliphatic heterocycles. The Morgan fingerprint density at radius 2 is 1.66 bits per heavy atom. The first-order valence-corrected chi connectivity index (χ1v) is 11.3. The number of hydrogen-bond acceptors (Lipinski definition) is 4. The summed E-state index contributed by atoms with van der Waals surface area (Å²) in [5, 5.41) is 11.0. The van der Waals surface area contributed by atoms with Gasteiger partial charge in [0, 0.05) is 17.7 Å². The fourth-order valence-electron chi connectivity index (χ4n) is 4.15. The fourth-order valence-corrected chi connectivity index (χ4v) is 5.15. The summed E-state index contributed by atoms with van der Waals surface area (Å²) in [6.07, 6.45) is 6.02. The van der Waals surface area contributed by atoms with Crippen molar-refractivity contribution in [3.05, 3.63) is 120 Å². The van der Waals surface area contributed by atoms with Crippen molar-refractivity contribution < 1.29 is 9.90 Å². The van der Waals surface area contributed by atoms with Crippen LogP contribution in [0.3, 0.4) is 0 Å². The molecule has 1 aliphatic carbocycles. The zero-order chi connectivity index (χ0) is 22.2. The van der Waals surface area contributed by atoms with Crippen LogP contribution in [0.2, 0.25) is 0 Å². The van der Waals surface area contributed by atoms with Crippen molar-refractivity contribution in [1.82, 2.24) is 9.55 Å². The van der Waals surface area contributed by atoms with Gasteiger partial charge in [-0.3, -0.25) is 9.55 Å². The van der Waals surface area contributed by atoms with E-state index in [0.29, 0.717) is 4.64 Å². The third-order valence-electron chi connectivity index (χ3n) is 5.62. The number of H-pyrrole nitrogens is 1. The molecule has 4 aromatic rings. The number of fused-ring (bicyclic) bond motifs is 2. The quantitative estimate of drug-likeness (QED) is 0.355. The molecule has 2 aromatic heterocycles. The summed E-state index contributed by atoms with van der Waals surface area (Å²) in [6.45, 7) is 0.260. The standard InChI is InChI=1S/C25H18N2O3S2/c28-24(29)21-11-15(14-32-21)12-27-13-20(23(31)26-25(27)30)22-18-7-3-1-5-16(18)9-10-17-6-2-4-8-19(17)22/h1-11,13-14,22H,12H2,(H,28,29)(H,26,30,31). The van der Waals surface area contributed by atoms with Gasteiger partial charge >= 0.3 is 11.7 Å². The number of nitrogens with zero attached hydrogens (tertiary/aromatic N) is 1. The highest BCUT2D eigenvalue weighted by Gasteiger charge is 2.25. The summed E-state index contributed by atoms with van der Waals surface area (Å²) in [7, 11) is 0. The van der Waals surface area contributed by atoms with E-state index in [9.17, 15) is 14.7 Å². The third kappa shape index (κ3) is 3.66. The molecule has 0 fully saturated rings. The Hall–Kier alpha value is -3.55. The zero-order valence-corrected chi connectivity index (χ0v) is 18.5. The van der Waals surface area contributed by atoms with E-state index in [4.69, 9.17) is 12.2 Å². The molecule has 2 N–H and O–H groups in total. The molecule has 2 aromatic carbocycles. The summed E-state index contributed by atoms with van der Waals surface area (Å²) >= 11 is 6.77. The van der Waals surface area contributed by atoms with Gasteiger partial charge in [0.1, 0.15) is 9.52 Å². The second-order valence-electron chi connectivity index (χ2n) is 7.62. The van der Waals surface area contributed by atoms with Crippen LogP contribution in [0, 0.1) is 4.64 Å². The number of carboxylic acids is 1. The highest BCUT2D eigenvalue weighted by molar-refractivity contribution is 7.71. The number of aromatic carboxylic acids is 1. The molecule has 0 amide bonds. The highest BCUT2D eigenvalue weighted by Crippen LogP contribution is 2.39. The average molecular weight is 459 g/mol. The molecule has 0 unspecified atom stereocenters. The molecule has 0 saturated carbocycles. The molecule has 0 spiro atoms. The number of carbonyl (C=O) groups is 1. The van der Waals surface area contributed by atoms with Crippen molar-refractivity contribution >= 4 is 41.7 Å². The number of thiophene rings is 1. The molecule has 7 heteroatoms. The highest BCUT2D eigenvalue weighted by atomic mass is 32.1. The first kappa shape index (κ1) is 20.4. The molecular formula is C25H18N2O3S2. The Bertz CT molecular complexity index is 1440. The average Bonchev–Trinajstić information content (AvgIpc) is 3.19. The number of nitrogens with one attached hydrogen (secondary N) is 1. The van der Waals surface area contributed by atoms with Crippen molar-refractivity contribution in [2.75, 3.05) is 0 Å². The first-order valence-electron chi connectivity index (χ1n) is 10.0. The number of benzene rings is 2. The maximum Gasteiger partial charge on any atom is 0.345 e. The lowest BCUT2D eigenvalue weighted by molar-refractivity contribution is 0.0702. The Morgan fingerprint density at radius 3 is 2.25 bits per heavy atom. The van der Waals surface area contributed by atoms with Gasteiger partial charge in [-0.05, 0) is 39.3 Å². The van der Waals surface area contributed by atoms with Crippen LogP contribution >= 0.6 is 23.6 Å². The summed E-state index contributed by atoms with van der Waals surface area (Å²) < 4.78 is 1.96. The second kappa shape index (κ2) is 8.18. The molecule has 1 aliphatic rings. The van der Waals surface area contributed by atoms with Gasteiger partial charge < -0.3 is 5.11 Å². The van der Waals surface area contributed by atoms with Crippen molar-refractivity contribution in [3.8, 4) is 0 Å². The first-order chi connectivity index (χ1) is 15.5. The Labute approximate surface area is 192 Å². The van der Waals surface area contributed by atoms with Crippen LogP contribution < -0.4 is 5.69 Å². The van der Waals surface area contributed by atoms with Gasteiger partial charge in [-0.25, -0.2) is 9.59 Å². The smallest absolute Gasteiger partial charge is 0.345 e. The van der Waals surface area contributed by atoms with E-state index < -0.39 is 5.97 Å². The minimum atomic E-state index is -0.971. The minimum Gasteiger partial charge on any atom is -0.477 e. The van der Waals surface area contributed by atoms with Crippen LogP contribution in [0.15, 0.2) is 71.0 Å². The van der Waals surface area contributed by atoms with Crippen molar-refractivity contribution in [3.63, 3.8) is 0 Å². The van der Waals surface area contributed by atoms with Crippen LogP contribution in [0.25, 0.3) is 12.2 Å². The molecule has 5 rings (SSSR count). The molecule has 0 saturated heterocycles. The molecule has 158 valence electrons. The summed E-state index contributed by atoms with van der Waals surface area (Å²) in [5.74, 6) is -1.12. The summed E-state index contributed by atoms with van der Waals surface area (Å²) in [5.41, 5.74) is 5.69. The third-order valence-corrected chi connectivity index (χ3v) is 6.93. The Balaban J connectivity index is 1.67. The normalized spacial score (nSPS) is 12.8. The van der Waals surface area contributed by atoms with Gasteiger partial charge in [-0.15, -0.1) is 11.3 Å². The predicted molar refractivity (Wildman–Crippen MR) is 129 cm³/mol. The largest absolute Gasteiger partial charge is 0.477 e. The van der Waals surface area contributed by atoms with Crippen LogP contribution in [0.1, 0.15) is 49.0 Å². The molecule has 32 heavy (non-hydrogen) atoms. The van der Waals surface area contributed by atoms with Gasteiger partial charge in [-0.2, -0.15) is 0 Å². The van der Waals surface area contributed by atoms with Gasteiger partial charge in [0.15, 0.2) is 0 Å². The monoisotopic (exact) mass is 458 g/mol. The SMILES string of the molecule is O=C(O)c1cc(Cn2cc(C3c4ccccc4C=Cc4ccccc43)c(=S)[nH]c2=O)cs1. The predicted octanol–water partition coefficient (Wildman–Crippen LogP) is 5.38. The van der Waals surface area contributed by atoms with Gasteiger partial charge in [0.2, 0.25) is 0 Å². The van der Waals surface area contributed by atoms with E-state index in [2.05, 4.69) is 41.4 Å². The number of hydrogen-bond donors (Lipinski definition) is 2. The van der Waals surface area contributed by atoms with Gasteiger partial charge in [0.25, 0.3) is 0 Å². The van der Waals surface area contributed by atoms with E-state index in [1.165, 1.54) is 0 Å². The second-order valence-corrected chi connectivity index (χ2v) is 8.94. The maximum atomic E-state index is 12.7. The number of rotatable bonds is 4. The van der Waals surface area contributed by atoms with Gasteiger partial charge in [0.05, 0.1) is 6.54 Å². The Kier molecular flexibility index (Phi) is 5.20. The van der Waals surface area contributed by atoms with E-state index in [-0.39, 0.29) is 23.0 Å². The minimum absolute atomic E-state index is 0.148. The van der Waals surface area contributed by atoms with Crippen LogP contribution in [0.4, 0.5) is 0 Å². The topological polar surface area (TPSA) is 75.1 Å². The van der Waals surface area contributed by atoms with Crippen LogP contribution in [0.5, 0.6) is 0 Å². The number of aromatic nitrogens is 2. The fraction of sp³-hybridized carbons (Fsp3) is 0.0800. The summed E-state index contributed by atoms with van der Waals surface area (Å²) in [4.78, 5) is 27.0. The molecule has 2 heterocycles. The van der Waals surface area contributed by atoms with Crippen molar-refractivity contribution in [1.29, 1.82) is 0 Å². The van der Waals surface area contributed by atoms with E-state index in [1.54, 1.807) is 16.0 Å². The lowest BCUT2D eigenvalue weighted by Crippen LogP contribution is -2.25. The Morgan fingerprint density at radius 1 is 1.03 bits per heavy atom. The van der Waals surface area contributed by atoms with Crippen LogP contribution in [-0.4, -0.2) is 20.6 Å². The van der Waals surface area contributed by atoms with Crippen molar-refractivity contribution in [2.24, 2.45) is 0 Å². The molecule has 0 radical (unpaired) electrons. The summed E-state index contributed by atoms with van der Waals surface area (Å²) in [6, 6.07) is 18.0.